The van der Waals surface area contributed by atoms with Crippen molar-refractivity contribution < 1.29 is 18.1 Å². The molecular formula is C47H47ClN6O5S2. The summed E-state index contributed by atoms with van der Waals surface area (Å²) in [5, 5.41) is 17.1. The van der Waals surface area contributed by atoms with Crippen LogP contribution in [0.1, 0.15) is 36.8 Å². The Labute approximate surface area is 365 Å². The molecule has 2 atom stereocenters. The molecule has 0 saturated carbocycles. The van der Waals surface area contributed by atoms with E-state index in [0.29, 0.717) is 35.8 Å². The van der Waals surface area contributed by atoms with Crippen LogP contribution >= 0.6 is 23.4 Å². The number of rotatable bonds is 16. The number of nitrogens with one attached hydrogen (secondary N) is 2. The summed E-state index contributed by atoms with van der Waals surface area (Å²) >= 11 is 7.82. The van der Waals surface area contributed by atoms with Gasteiger partial charge >= 0.3 is 0 Å². The summed E-state index contributed by atoms with van der Waals surface area (Å²) in [4.78, 5) is 23.8. The summed E-state index contributed by atoms with van der Waals surface area (Å²) in [7, 11) is -4.27. The molecule has 314 valence electrons. The average Bonchev–Trinajstić information content (AvgIpc) is 3.28. The number of fused-ring (bicyclic) bond motifs is 1. The van der Waals surface area contributed by atoms with Gasteiger partial charge in [0.25, 0.3) is 15.7 Å². The molecule has 0 spiro atoms. The fourth-order valence-electron chi connectivity index (χ4n) is 8.03. The topological polar surface area (TPSA) is 140 Å². The Bertz CT molecular complexity index is 2630. The van der Waals surface area contributed by atoms with Crippen LogP contribution in [0.3, 0.4) is 0 Å². The van der Waals surface area contributed by atoms with Crippen LogP contribution in [0.4, 0.5) is 17.2 Å². The monoisotopic (exact) mass is 874 g/mol. The van der Waals surface area contributed by atoms with E-state index in [1.165, 1.54) is 35.2 Å². The molecule has 2 heterocycles. The van der Waals surface area contributed by atoms with Gasteiger partial charge in [0.15, 0.2) is 5.82 Å². The smallest absolute Gasteiger partial charge is 0.293 e. The van der Waals surface area contributed by atoms with Crippen molar-refractivity contribution in [2.75, 3.05) is 48.6 Å². The van der Waals surface area contributed by atoms with Crippen LogP contribution in [0, 0.1) is 16.0 Å². The van der Waals surface area contributed by atoms with Gasteiger partial charge in [-0.2, -0.15) is 0 Å². The predicted molar refractivity (Wildman–Crippen MR) is 246 cm³/mol. The molecule has 0 radical (unpaired) electrons. The summed E-state index contributed by atoms with van der Waals surface area (Å²) in [6, 6.07) is 36.2. The van der Waals surface area contributed by atoms with Crippen molar-refractivity contribution in [3.05, 3.63) is 154 Å². The molecule has 0 bridgehead atoms. The first kappa shape index (κ1) is 42.4. The van der Waals surface area contributed by atoms with Crippen LogP contribution < -0.4 is 10.0 Å². The van der Waals surface area contributed by atoms with E-state index in [2.05, 4.69) is 67.4 Å². The zero-order chi connectivity index (χ0) is 42.2. The standard InChI is InChI=1S/C47H47ClN6O5S2/c48-38-17-14-35(15-18-38)42-9-5-4-6-37(42)28-33-10-12-34(13-11-33)36-16-20-43-45(29-36)49-32-50-47(43)52-61(57,58)41-19-21-44(46(30-41)54(55)56)51-39(22-23-53-24-26-59-27-25-53)31-60-40-7-2-1-3-8-40/h1-9,12,14-21,29-30,32-33,39,51H,10-11,13,22-28,31H2,(H,49,50,52)/t33?,39-/m1/s1. The molecule has 61 heavy (non-hydrogen) atoms. The second kappa shape index (κ2) is 19.6. The van der Waals surface area contributed by atoms with Gasteiger partial charge in [-0.15, -0.1) is 11.8 Å². The maximum Gasteiger partial charge on any atom is 0.293 e. The Kier molecular flexibility index (Phi) is 13.6. The number of anilines is 2. The number of thioether (sulfide) groups is 1. The van der Waals surface area contributed by atoms with Crippen LogP contribution in [0.5, 0.6) is 0 Å². The van der Waals surface area contributed by atoms with Crippen LogP contribution in [0.25, 0.3) is 27.6 Å². The first-order valence-corrected chi connectivity index (χ1v) is 23.4. The van der Waals surface area contributed by atoms with Gasteiger partial charge in [-0.1, -0.05) is 78.3 Å². The fraction of sp³-hybridized carbons (Fsp3) is 0.277. The third-order valence-corrected chi connectivity index (χ3v) is 14.1. The van der Waals surface area contributed by atoms with E-state index < -0.39 is 14.9 Å². The lowest BCUT2D eigenvalue weighted by atomic mass is 9.82. The van der Waals surface area contributed by atoms with E-state index in [-0.39, 0.29) is 28.1 Å². The summed E-state index contributed by atoms with van der Waals surface area (Å²) in [5.41, 5.74) is 6.50. The number of hydrogen-bond donors (Lipinski definition) is 2. The largest absolute Gasteiger partial charge is 0.379 e. The minimum absolute atomic E-state index is 0.0968. The zero-order valence-electron chi connectivity index (χ0n) is 33.6. The van der Waals surface area contributed by atoms with Crippen molar-refractivity contribution in [3.8, 4) is 11.1 Å². The molecule has 14 heteroatoms. The lowest BCUT2D eigenvalue weighted by Gasteiger charge is -2.29. The number of ether oxygens (including phenoxy) is 1. The number of hydrogen-bond acceptors (Lipinski definition) is 10. The minimum atomic E-state index is -4.27. The fourth-order valence-corrected chi connectivity index (χ4v) is 10.2. The van der Waals surface area contributed by atoms with Gasteiger partial charge < -0.3 is 10.1 Å². The summed E-state index contributed by atoms with van der Waals surface area (Å²) in [6.45, 7) is 3.84. The van der Waals surface area contributed by atoms with E-state index in [0.717, 1.165) is 78.8 Å². The van der Waals surface area contributed by atoms with Crippen LogP contribution in [0.2, 0.25) is 5.02 Å². The number of sulfonamides is 1. The lowest BCUT2D eigenvalue weighted by molar-refractivity contribution is -0.384. The van der Waals surface area contributed by atoms with E-state index in [1.54, 1.807) is 11.8 Å². The first-order chi connectivity index (χ1) is 29.7. The number of allylic oxidation sites excluding steroid dienone is 2. The Morgan fingerprint density at radius 1 is 0.918 bits per heavy atom. The number of aromatic nitrogens is 2. The SMILES string of the molecule is O=[N+]([O-])c1cc(S(=O)(=O)Nc2ncnc3cc(C4=CCC(Cc5ccccc5-c5ccc(Cl)cc5)CC4)ccc23)ccc1N[C@H](CCN1CCOCC1)CSc1ccccc1. The average molecular weight is 876 g/mol. The number of nitro groups is 1. The van der Waals surface area contributed by atoms with Crippen molar-refractivity contribution in [2.45, 2.75) is 47.9 Å². The third kappa shape index (κ3) is 10.8. The van der Waals surface area contributed by atoms with Gasteiger partial charge in [-0.05, 0) is 114 Å². The summed E-state index contributed by atoms with van der Waals surface area (Å²) < 4.78 is 35.8. The molecule has 1 aliphatic carbocycles. The summed E-state index contributed by atoms with van der Waals surface area (Å²) in [5.74, 6) is 1.26. The van der Waals surface area contributed by atoms with Gasteiger partial charge in [0, 0.05) is 52.8 Å². The highest BCUT2D eigenvalue weighted by molar-refractivity contribution is 7.99. The Hall–Kier alpha value is -5.31. The predicted octanol–water partition coefficient (Wildman–Crippen LogP) is 10.4. The van der Waals surface area contributed by atoms with Crippen molar-refractivity contribution in [1.29, 1.82) is 0 Å². The maximum atomic E-state index is 13.8. The summed E-state index contributed by atoms with van der Waals surface area (Å²) in [6.07, 6.45) is 8.24. The number of nitro benzene ring substituents is 1. The first-order valence-electron chi connectivity index (χ1n) is 20.5. The van der Waals surface area contributed by atoms with Crippen molar-refractivity contribution in [1.82, 2.24) is 14.9 Å². The molecule has 11 nitrogen and oxygen atoms in total. The van der Waals surface area contributed by atoms with Gasteiger partial charge in [0.1, 0.15) is 12.0 Å². The zero-order valence-corrected chi connectivity index (χ0v) is 36.0. The molecule has 1 unspecified atom stereocenters. The van der Waals surface area contributed by atoms with Gasteiger partial charge in [-0.25, -0.2) is 18.4 Å². The molecule has 6 aromatic rings. The molecule has 1 fully saturated rings. The Morgan fingerprint density at radius 2 is 1.69 bits per heavy atom. The molecule has 2 N–H and O–H groups in total. The molecule has 2 aliphatic rings. The van der Waals surface area contributed by atoms with E-state index in [9.17, 15) is 18.5 Å². The van der Waals surface area contributed by atoms with Crippen molar-refractivity contribution in [2.24, 2.45) is 5.92 Å². The van der Waals surface area contributed by atoms with Gasteiger partial charge in [-0.3, -0.25) is 19.7 Å². The Morgan fingerprint density at radius 3 is 2.46 bits per heavy atom. The molecule has 1 saturated heterocycles. The molecule has 1 aliphatic heterocycles. The molecular weight excluding hydrogens is 828 g/mol. The second-order valence-corrected chi connectivity index (χ2v) is 18.7. The minimum Gasteiger partial charge on any atom is -0.379 e. The van der Waals surface area contributed by atoms with E-state index >= 15 is 0 Å². The molecule has 0 amide bonds. The van der Waals surface area contributed by atoms with E-state index in [1.807, 2.05) is 60.7 Å². The third-order valence-electron chi connectivity index (χ3n) is 11.4. The van der Waals surface area contributed by atoms with Crippen LogP contribution in [-0.2, 0) is 21.2 Å². The van der Waals surface area contributed by atoms with E-state index in [4.69, 9.17) is 16.3 Å². The number of nitrogens with zero attached hydrogens (tertiary/aromatic N) is 4. The number of halogens is 1. The lowest BCUT2D eigenvalue weighted by Crippen LogP contribution is -2.39. The van der Waals surface area contributed by atoms with Gasteiger partial charge in [0.05, 0.1) is 28.5 Å². The normalized spacial score (nSPS) is 16.5. The van der Waals surface area contributed by atoms with Crippen molar-refractivity contribution >= 4 is 67.1 Å². The molecule has 8 rings (SSSR count). The van der Waals surface area contributed by atoms with Gasteiger partial charge in [0.2, 0.25) is 0 Å². The van der Waals surface area contributed by atoms with Crippen LogP contribution in [-0.4, -0.2) is 72.9 Å². The molecule has 5 aromatic carbocycles. The highest BCUT2D eigenvalue weighted by Crippen LogP contribution is 2.37. The quantitative estimate of drug-likeness (QED) is 0.0549. The maximum absolute atomic E-state index is 13.8. The van der Waals surface area contributed by atoms with Crippen molar-refractivity contribution in [3.63, 3.8) is 0 Å². The highest BCUT2D eigenvalue weighted by Gasteiger charge is 2.25. The van der Waals surface area contributed by atoms with Crippen LogP contribution in [0.15, 0.2) is 137 Å². The Balaban J connectivity index is 0.953. The second-order valence-electron chi connectivity index (χ2n) is 15.4. The number of morpholine rings is 1. The highest BCUT2D eigenvalue weighted by atomic mass is 35.5. The molecule has 1 aromatic heterocycles. The number of benzene rings is 5.